The molecule has 1 aliphatic rings. The number of hydrogen-bond donors (Lipinski definition) is 1. The Morgan fingerprint density at radius 3 is 2.85 bits per heavy atom. The van der Waals surface area contributed by atoms with Crippen molar-refractivity contribution in [3.8, 4) is 5.75 Å². The van der Waals surface area contributed by atoms with Crippen LogP contribution in [0.15, 0.2) is 18.2 Å². The third kappa shape index (κ3) is 2.85. The van der Waals surface area contributed by atoms with Gasteiger partial charge in [-0.3, -0.25) is 10.1 Å². The van der Waals surface area contributed by atoms with Gasteiger partial charge in [0.15, 0.2) is 5.75 Å². The predicted octanol–water partition coefficient (Wildman–Crippen LogP) is 2.18. The standard InChI is InChI=1S/C14H21N3O3/c1-3-16(11-8-9-15-10-11)12-6-5-7-13(20-4-2)14(12)17(18)19/h5-7,11,15H,3-4,8-10H2,1-2H3. The van der Waals surface area contributed by atoms with E-state index in [0.717, 1.165) is 26.1 Å². The number of nitrogens with one attached hydrogen (secondary N) is 1. The summed E-state index contributed by atoms with van der Waals surface area (Å²) in [6, 6.07) is 5.59. The number of anilines is 1. The topological polar surface area (TPSA) is 67.6 Å². The van der Waals surface area contributed by atoms with E-state index in [-0.39, 0.29) is 10.6 Å². The number of likely N-dealkylation sites (N-methyl/N-ethyl adjacent to an activating group) is 1. The molecule has 1 N–H and O–H groups in total. The summed E-state index contributed by atoms with van der Waals surface area (Å²) in [5, 5.41) is 14.7. The zero-order chi connectivity index (χ0) is 14.5. The van der Waals surface area contributed by atoms with Gasteiger partial charge < -0.3 is 15.0 Å². The minimum Gasteiger partial charge on any atom is -0.487 e. The first-order chi connectivity index (χ1) is 9.69. The molecule has 1 fully saturated rings. The number of benzene rings is 1. The molecule has 0 spiro atoms. The molecule has 1 aliphatic heterocycles. The molecule has 6 nitrogen and oxygen atoms in total. The van der Waals surface area contributed by atoms with E-state index in [1.807, 2.05) is 26.0 Å². The highest BCUT2D eigenvalue weighted by atomic mass is 16.6. The van der Waals surface area contributed by atoms with E-state index in [9.17, 15) is 10.1 Å². The van der Waals surface area contributed by atoms with E-state index in [1.54, 1.807) is 6.07 Å². The second-order valence-electron chi connectivity index (χ2n) is 4.75. The van der Waals surface area contributed by atoms with E-state index in [0.29, 0.717) is 24.1 Å². The van der Waals surface area contributed by atoms with E-state index < -0.39 is 0 Å². The number of nitrogens with zero attached hydrogens (tertiary/aromatic N) is 2. The minimum absolute atomic E-state index is 0.0723. The van der Waals surface area contributed by atoms with Gasteiger partial charge in [0.2, 0.25) is 0 Å². The number of hydrogen-bond acceptors (Lipinski definition) is 5. The average Bonchev–Trinajstić information content (AvgIpc) is 2.94. The molecule has 0 bridgehead atoms. The quantitative estimate of drug-likeness (QED) is 0.638. The van der Waals surface area contributed by atoms with Crippen LogP contribution in [-0.4, -0.2) is 37.2 Å². The number of nitro benzene ring substituents is 1. The lowest BCUT2D eigenvalue weighted by atomic mass is 10.1. The summed E-state index contributed by atoms with van der Waals surface area (Å²) < 4.78 is 5.41. The molecule has 0 aliphatic carbocycles. The van der Waals surface area contributed by atoms with Gasteiger partial charge in [-0.05, 0) is 38.9 Å². The Morgan fingerprint density at radius 2 is 2.30 bits per heavy atom. The van der Waals surface area contributed by atoms with Crippen LogP contribution in [0.4, 0.5) is 11.4 Å². The molecule has 1 heterocycles. The molecular formula is C14H21N3O3. The van der Waals surface area contributed by atoms with E-state index >= 15 is 0 Å². The van der Waals surface area contributed by atoms with Crippen LogP contribution in [0.3, 0.4) is 0 Å². The summed E-state index contributed by atoms with van der Waals surface area (Å²) in [5.41, 5.74) is 0.722. The largest absolute Gasteiger partial charge is 0.487 e. The lowest BCUT2D eigenvalue weighted by molar-refractivity contribution is -0.385. The number of para-hydroxylation sites is 1. The highest BCUT2D eigenvalue weighted by Crippen LogP contribution is 2.38. The zero-order valence-corrected chi connectivity index (χ0v) is 12.0. The van der Waals surface area contributed by atoms with Crippen molar-refractivity contribution in [1.82, 2.24) is 5.32 Å². The third-order valence-electron chi connectivity index (χ3n) is 3.59. The smallest absolute Gasteiger partial charge is 0.333 e. The van der Waals surface area contributed by atoms with Gasteiger partial charge in [-0.15, -0.1) is 0 Å². The Bertz CT molecular complexity index is 473. The summed E-state index contributed by atoms with van der Waals surface area (Å²) in [7, 11) is 0. The van der Waals surface area contributed by atoms with Crippen molar-refractivity contribution in [1.29, 1.82) is 0 Å². The Morgan fingerprint density at radius 1 is 1.50 bits per heavy atom. The van der Waals surface area contributed by atoms with Gasteiger partial charge >= 0.3 is 5.69 Å². The Kier molecular flexibility index (Phi) is 4.79. The van der Waals surface area contributed by atoms with Crippen molar-refractivity contribution in [2.24, 2.45) is 0 Å². The molecule has 1 unspecified atom stereocenters. The molecular weight excluding hydrogens is 258 g/mol. The average molecular weight is 279 g/mol. The second kappa shape index (κ2) is 6.56. The van der Waals surface area contributed by atoms with Gasteiger partial charge in [-0.1, -0.05) is 6.07 Å². The number of nitro groups is 1. The summed E-state index contributed by atoms with van der Waals surface area (Å²) >= 11 is 0. The minimum atomic E-state index is -0.342. The van der Waals surface area contributed by atoms with Gasteiger partial charge in [0.1, 0.15) is 5.69 Å². The summed E-state index contributed by atoms with van der Waals surface area (Å²) in [5.74, 6) is 0.347. The van der Waals surface area contributed by atoms with Crippen LogP contribution in [0.25, 0.3) is 0 Å². The molecule has 6 heteroatoms. The highest BCUT2D eigenvalue weighted by Gasteiger charge is 2.29. The fourth-order valence-corrected chi connectivity index (χ4v) is 2.73. The first-order valence-electron chi connectivity index (χ1n) is 7.06. The molecule has 1 atom stereocenters. The molecule has 1 aromatic carbocycles. The van der Waals surface area contributed by atoms with Crippen molar-refractivity contribution >= 4 is 11.4 Å². The molecule has 2 rings (SSSR count). The van der Waals surface area contributed by atoms with Gasteiger partial charge in [0.05, 0.1) is 11.5 Å². The van der Waals surface area contributed by atoms with Crippen LogP contribution in [0, 0.1) is 10.1 Å². The van der Waals surface area contributed by atoms with Crippen molar-refractivity contribution in [2.45, 2.75) is 26.3 Å². The van der Waals surface area contributed by atoms with Crippen LogP contribution < -0.4 is 15.0 Å². The maximum Gasteiger partial charge on any atom is 0.333 e. The van der Waals surface area contributed by atoms with Crippen molar-refractivity contribution in [3.63, 3.8) is 0 Å². The van der Waals surface area contributed by atoms with Crippen LogP contribution in [-0.2, 0) is 0 Å². The van der Waals surface area contributed by atoms with Crippen LogP contribution in [0.5, 0.6) is 5.75 Å². The first kappa shape index (κ1) is 14.6. The van der Waals surface area contributed by atoms with E-state index in [4.69, 9.17) is 4.74 Å². The first-order valence-corrected chi connectivity index (χ1v) is 7.06. The molecule has 0 amide bonds. The van der Waals surface area contributed by atoms with E-state index in [2.05, 4.69) is 10.2 Å². The van der Waals surface area contributed by atoms with Crippen molar-refractivity contribution < 1.29 is 9.66 Å². The summed E-state index contributed by atoms with van der Waals surface area (Å²) in [6.07, 6.45) is 1.00. The SMILES string of the molecule is CCOc1cccc(N(CC)C2CCNC2)c1[N+](=O)[O-]. The van der Waals surface area contributed by atoms with Gasteiger partial charge in [0.25, 0.3) is 0 Å². The maximum absolute atomic E-state index is 11.4. The Hall–Kier alpha value is -1.82. The molecule has 20 heavy (non-hydrogen) atoms. The number of ether oxygens (including phenoxy) is 1. The number of rotatable bonds is 6. The molecule has 0 radical (unpaired) electrons. The van der Waals surface area contributed by atoms with Crippen LogP contribution in [0.2, 0.25) is 0 Å². The van der Waals surface area contributed by atoms with Gasteiger partial charge in [-0.2, -0.15) is 0 Å². The lowest BCUT2D eigenvalue weighted by Crippen LogP contribution is -2.37. The van der Waals surface area contributed by atoms with Gasteiger partial charge in [0, 0.05) is 19.1 Å². The fourth-order valence-electron chi connectivity index (χ4n) is 2.73. The molecule has 110 valence electrons. The highest BCUT2D eigenvalue weighted by molar-refractivity contribution is 5.70. The second-order valence-corrected chi connectivity index (χ2v) is 4.75. The lowest BCUT2D eigenvalue weighted by Gasteiger charge is -2.29. The molecule has 1 saturated heterocycles. The summed E-state index contributed by atoms with van der Waals surface area (Å²) in [4.78, 5) is 13.2. The predicted molar refractivity (Wildman–Crippen MR) is 78.6 cm³/mol. The zero-order valence-electron chi connectivity index (χ0n) is 12.0. The molecule has 0 saturated carbocycles. The van der Waals surface area contributed by atoms with Crippen LogP contribution >= 0.6 is 0 Å². The van der Waals surface area contributed by atoms with Crippen molar-refractivity contribution in [3.05, 3.63) is 28.3 Å². The Labute approximate surface area is 118 Å². The van der Waals surface area contributed by atoms with Crippen LogP contribution in [0.1, 0.15) is 20.3 Å². The molecule has 1 aromatic rings. The monoisotopic (exact) mass is 279 g/mol. The Balaban J connectivity index is 2.42. The molecule has 0 aromatic heterocycles. The van der Waals surface area contributed by atoms with Gasteiger partial charge in [-0.25, -0.2) is 0 Å². The van der Waals surface area contributed by atoms with Crippen molar-refractivity contribution in [2.75, 3.05) is 31.1 Å². The van der Waals surface area contributed by atoms with E-state index in [1.165, 1.54) is 0 Å². The normalized spacial score (nSPS) is 18.0. The fraction of sp³-hybridized carbons (Fsp3) is 0.571. The maximum atomic E-state index is 11.4. The summed E-state index contributed by atoms with van der Waals surface area (Å²) in [6.45, 7) is 6.83. The third-order valence-corrected chi connectivity index (χ3v) is 3.59.